The summed E-state index contributed by atoms with van der Waals surface area (Å²) in [6, 6.07) is 6.55. The maximum atomic E-state index is 12.7. The lowest BCUT2D eigenvalue weighted by molar-refractivity contribution is 0.472. The smallest absolute Gasteiger partial charge is 0.123 e. The Hall–Kier alpha value is -0.930. The molecule has 1 heterocycles. The number of rotatable bonds is 3. The van der Waals surface area contributed by atoms with Gasteiger partial charge < -0.3 is 11.1 Å². The molecule has 1 saturated heterocycles. The van der Waals surface area contributed by atoms with Crippen LogP contribution in [0.2, 0.25) is 0 Å². The summed E-state index contributed by atoms with van der Waals surface area (Å²) in [7, 11) is 0. The van der Waals surface area contributed by atoms with Crippen LogP contribution in [0.25, 0.3) is 0 Å². The topological polar surface area (TPSA) is 38.0 Å². The molecule has 15 heavy (non-hydrogen) atoms. The van der Waals surface area contributed by atoms with Crippen LogP contribution >= 0.6 is 0 Å². The van der Waals surface area contributed by atoms with Gasteiger partial charge in [0.2, 0.25) is 0 Å². The van der Waals surface area contributed by atoms with Crippen LogP contribution in [0.4, 0.5) is 4.39 Å². The lowest BCUT2D eigenvalue weighted by atomic mass is 9.95. The predicted molar refractivity (Wildman–Crippen MR) is 58.9 cm³/mol. The van der Waals surface area contributed by atoms with Crippen LogP contribution in [0.3, 0.4) is 0 Å². The van der Waals surface area contributed by atoms with E-state index in [1.807, 2.05) is 0 Å². The Labute approximate surface area is 89.7 Å². The van der Waals surface area contributed by atoms with Gasteiger partial charge in [-0.2, -0.15) is 0 Å². The van der Waals surface area contributed by atoms with E-state index in [1.54, 1.807) is 12.1 Å². The van der Waals surface area contributed by atoms with Crippen LogP contribution in [-0.4, -0.2) is 13.1 Å². The Kier molecular flexibility index (Phi) is 3.34. The van der Waals surface area contributed by atoms with Crippen molar-refractivity contribution in [3.63, 3.8) is 0 Å². The standard InChI is InChI=1S/C12H17FN2/c13-11-3-1-10(2-4-11)12(14)7-9-5-6-15-8-9/h1-4,9,12,15H,5-8,14H2. The zero-order chi connectivity index (χ0) is 10.7. The highest BCUT2D eigenvalue weighted by molar-refractivity contribution is 5.19. The number of hydrogen-bond acceptors (Lipinski definition) is 2. The summed E-state index contributed by atoms with van der Waals surface area (Å²) < 4.78 is 12.7. The first-order valence-corrected chi connectivity index (χ1v) is 5.47. The van der Waals surface area contributed by atoms with Crippen LogP contribution in [0.5, 0.6) is 0 Å². The van der Waals surface area contributed by atoms with Crippen LogP contribution in [0.1, 0.15) is 24.4 Å². The Morgan fingerprint density at radius 2 is 2.13 bits per heavy atom. The van der Waals surface area contributed by atoms with Crippen molar-refractivity contribution in [2.45, 2.75) is 18.9 Å². The summed E-state index contributed by atoms with van der Waals surface area (Å²) in [4.78, 5) is 0. The van der Waals surface area contributed by atoms with Crippen LogP contribution in [0.15, 0.2) is 24.3 Å². The molecule has 1 aromatic carbocycles. The van der Waals surface area contributed by atoms with Crippen molar-refractivity contribution in [1.29, 1.82) is 0 Å². The minimum Gasteiger partial charge on any atom is -0.324 e. The number of benzene rings is 1. The van der Waals surface area contributed by atoms with E-state index in [2.05, 4.69) is 5.32 Å². The normalized spacial score (nSPS) is 22.9. The third kappa shape index (κ3) is 2.76. The van der Waals surface area contributed by atoms with Gasteiger partial charge in [0.05, 0.1) is 0 Å². The molecule has 0 aromatic heterocycles. The van der Waals surface area contributed by atoms with Gasteiger partial charge >= 0.3 is 0 Å². The molecule has 3 N–H and O–H groups in total. The van der Waals surface area contributed by atoms with Gasteiger partial charge in [-0.25, -0.2) is 4.39 Å². The fourth-order valence-electron chi connectivity index (χ4n) is 2.12. The van der Waals surface area contributed by atoms with Crippen LogP contribution in [0, 0.1) is 11.7 Å². The van der Waals surface area contributed by atoms with Gasteiger partial charge in [0.15, 0.2) is 0 Å². The molecule has 0 aliphatic carbocycles. The van der Waals surface area contributed by atoms with Gasteiger partial charge in [-0.1, -0.05) is 12.1 Å². The van der Waals surface area contributed by atoms with Crippen molar-refractivity contribution in [3.05, 3.63) is 35.6 Å². The maximum Gasteiger partial charge on any atom is 0.123 e. The largest absolute Gasteiger partial charge is 0.324 e. The monoisotopic (exact) mass is 208 g/mol. The van der Waals surface area contributed by atoms with Gasteiger partial charge in [0.25, 0.3) is 0 Å². The van der Waals surface area contributed by atoms with Crippen LogP contribution in [-0.2, 0) is 0 Å². The molecule has 1 fully saturated rings. The van der Waals surface area contributed by atoms with Gasteiger partial charge in [0.1, 0.15) is 5.82 Å². The lowest BCUT2D eigenvalue weighted by Gasteiger charge is -2.16. The highest BCUT2D eigenvalue weighted by atomic mass is 19.1. The van der Waals surface area contributed by atoms with E-state index in [4.69, 9.17) is 5.73 Å². The number of nitrogens with two attached hydrogens (primary N) is 1. The van der Waals surface area contributed by atoms with E-state index in [0.717, 1.165) is 25.1 Å². The fraction of sp³-hybridized carbons (Fsp3) is 0.500. The molecule has 82 valence electrons. The van der Waals surface area contributed by atoms with E-state index >= 15 is 0 Å². The number of hydrogen-bond donors (Lipinski definition) is 2. The van der Waals surface area contributed by atoms with Gasteiger partial charge in [-0.05, 0) is 49.5 Å². The zero-order valence-electron chi connectivity index (χ0n) is 8.75. The minimum atomic E-state index is -0.200. The summed E-state index contributed by atoms with van der Waals surface area (Å²) in [6.45, 7) is 2.16. The van der Waals surface area contributed by atoms with Gasteiger partial charge in [0, 0.05) is 6.04 Å². The van der Waals surface area contributed by atoms with E-state index in [0.29, 0.717) is 5.92 Å². The van der Waals surface area contributed by atoms with E-state index in [9.17, 15) is 4.39 Å². The Morgan fingerprint density at radius 1 is 1.40 bits per heavy atom. The van der Waals surface area contributed by atoms with Crippen molar-refractivity contribution in [3.8, 4) is 0 Å². The van der Waals surface area contributed by atoms with E-state index in [1.165, 1.54) is 18.6 Å². The number of halogens is 1. The molecule has 0 radical (unpaired) electrons. The van der Waals surface area contributed by atoms with Crippen molar-refractivity contribution in [2.75, 3.05) is 13.1 Å². The number of nitrogens with one attached hydrogen (secondary N) is 1. The molecular weight excluding hydrogens is 191 g/mol. The maximum absolute atomic E-state index is 12.7. The van der Waals surface area contributed by atoms with E-state index < -0.39 is 0 Å². The molecule has 0 spiro atoms. The van der Waals surface area contributed by atoms with Crippen molar-refractivity contribution in [1.82, 2.24) is 5.32 Å². The summed E-state index contributed by atoms with van der Waals surface area (Å²) in [5, 5.41) is 3.32. The highest BCUT2D eigenvalue weighted by Crippen LogP contribution is 2.22. The van der Waals surface area contributed by atoms with Crippen molar-refractivity contribution >= 4 is 0 Å². The molecule has 1 aliphatic heterocycles. The zero-order valence-corrected chi connectivity index (χ0v) is 8.75. The second-order valence-electron chi connectivity index (χ2n) is 4.25. The first-order chi connectivity index (χ1) is 7.25. The average Bonchev–Trinajstić information content (AvgIpc) is 2.71. The van der Waals surface area contributed by atoms with Gasteiger partial charge in [-0.3, -0.25) is 0 Å². The SMILES string of the molecule is NC(CC1CCNC1)c1ccc(F)cc1. The highest BCUT2D eigenvalue weighted by Gasteiger charge is 2.18. The molecule has 0 amide bonds. The molecule has 0 saturated carbocycles. The second kappa shape index (κ2) is 4.73. The molecule has 2 unspecified atom stereocenters. The predicted octanol–water partition coefficient (Wildman–Crippen LogP) is 1.83. The Balaban J connectivity index is 1.94. The third-order valence-electron chi connectivity index (χ3n) is 3.05. The minimum absolute atomic E-state index is 0.0375. The molecule has 2 nitrogen and oxygen atoms in total. The summed E-state index contributed by atoms with van der Waals surface area (Å²) in [6.07, 6.45) is 2.19. The Bertz CT molecular complexity index is 304. The third-order valence-corrected chi connectivity index (χ3v) is 3.05. The van der Waals surface area contributed by atoms with Crippen molar-refractivity contribution < 1.29 is 4.39 Å². The fourth-order valence-corrected chi connectivity index (χ4v) is 2.12. The van der Waals surface area contributed by atoms with Crippen molar-refractivity contribution in [2.24, 2.45) is 11.7 Å². The molecular formula is C12H17FN2. The average molecular weight is 208 g/mol. The Morgan fingerprint density at radius 3 is 2.73 bits per heavy atom. The summed E-state index contributed by atoms with van der Waals surface area (Å²) in [5.41, 5.74) is 7.11. The second-order valence-corrected chi connectivity index (χ2v) is 4.25. The quantitative estimate of drug-likeness (QED) is 0.795. The molecule has 0 bridgehead atoms. The molecule has 2 atom stereocenters. The van der Waals surface area contributed by atoms with Crippen LogP contribution < -0.4 is 11.1 Å². The van der Waals surface area contributed by atoms with E-state index in [-0.39, 0.29) is 11.9 Å². The molecule has 1 aromatic rings. The molecule has 3 heteroatoms. The first-order valence-electron chi connectivity index (χ1n) is 5.47. The molecule has 2 rings (SSSR count). The van der Waals surface area contributed by atoms with Gasteiger partial charge in [-0.15, -0.1) is 0 Å². The lowest BCUT2D eigenvalue weighted by Crippen LogP contribution is -2.17. The summed E-state index contributed by atoms with van der Waals surface area (Å²) in [5.74, 6) is 0.471. The molecule has 1 aliphatic rings. The summed E-state index contributed by atoms with van der Waals surface area (Å²) >= 11 is 0. The first kappa shape index (κ1) is 10.6.